The molecule has 0 spiro atoms. The predicted molar refractivity (Wildman–Crippen MR) is 65.8 cm³/mol. The Hall–Kier alpha value is -0.000000000000000111. The Labute approximate surface area is 98.5 Å². The summed E-state index contributed by atoms with van der Waals surface area (Å²) in [4.78, 5) is 0. The summed E-state index contributed by atoms with van der Waals surface area (Å²) >= 11 is 9.54. The monoisotopic (exact) mass is 324 g/mol. The molecule has 1 aromatic carbocycles. The van der Waals surface area contributed by atoms with Crippen LogP contribution in [0.4, 0.5) is 0 Å². The van der Waals surface area contributed by atoms with Gasteiger partial charge in [-0.15, -0.1) is 22.9 Å². The molecular weight excluding hydrogens is 319 g/mol. The lowest BCUT2D eigenvalue weighted by molar-refractivity contribution is 0.478. The minimum Gasteiger partial charge on any atom is -0.506 e. The molecule has 0 unspecified atom stereocenters. The average molecular weight is 325 g/mol. The van der Waals surface area contributed by atoms with E-state index in [1.165, 1.54) is 0 Å². The smallest absolute Gasteiger partial charge is 0.137 e. The van der Waals surface area contributed by atoms with E-state index in [0.29, 0.717) is 11.6 Å². The molecule has 1 nitrogen and oxygen atoms in total. The number of rotatable bonds is 1. The maximum Gasteiger partial charge on any atom is 0.137 e. The van der Waals surface area contributed by atoms with Crippen LogP contribution in [-0.2, 0) is 5.88 Å². The molecule has 0 saturated carbocycles. The van der Waals surface area contributed by atoms with Gasteiger partial charge in [-0.25, -0.2) is 0 Å². The lowest BCUT2D eigenvalue weighted by Crippen LogP contribution is -1.82. The highest BCUT2D eigenvalue weighted by Gasteiger charge is 2.09. The van der Waals surface area contributed by atoms with Crippen molar-refractivity contribution in [3.63, 3.8) is 0 Å². The second-order valence-corrected chi connectivity index (χ2v) is 5.01. The van der Waals surface area contributed by atoms with Gasteiger partial charge in [0.25, 0.3) is 0 Å². The number of alkyl halides is 1. The Morgan fingerprint density at radius 3 is 3.00 bits per heavy atom. The SMILES string of the molecule is Oc1c(I)cc(CCl)c2sccc12. The molecule has 0 atom stereocenters. The molecule has 0 amide bonds. The summed E-state index contributed by atoms with van der Waals surface area (Å²) in [6.07, 6.45) is 0. The van der Waals surface area contributed by atoms with E-state index < -0.39 is 0 Å². The highest BCUT2D eigenvalue weighted by molar-refractivity contribution is 14.1. The average Bonchev–Trinajstić information content (AvgIpc) is 2.60. The van der Waals surface area contributed by atoms with Gasteiger partial charge in [-0.2, -0.15) is 0 Å². The van der Waals surface area contributed by atoms with Gasteiger partial charge in [-0.05, 0) is 45.7 Å². The van der Waals surface area contributed by atoms with Crippen molar-refractivity contribution in [2.75, 3.05) is 0 Å². The van der Waals surface area contributed by atoms with Gasteiger partial charge < -0.3 is 5.11 Å². The minimum atomic E-state index is 0.366. The zero-order valence-electron chi connectivity index (χ0n) is 6.55. The van der Waals surface area contributed by atoms with Crippen LogP contribution in [0.2, 0.25) is 0 Å². The zero-order valence-corrected chi connectivity index (χ0v) is 10.3. The van der Waals surface area contributed by atoms with Gasteiger partial charge in [-0.3, -0.25) is 0 Å². The van der Waals surface area contributed by atoms with Crippen LogP contribution in [0, 0.1) is 3.57 Å². The van der Waals surface area contributed by atoms with Crippen LogP contribution in [0.3, 0.4) is 0 Å². The van der Waals surface area contributed by atoms with Crippen molar-refractivity contribution in [2.45, 2.75) is 5.88 Å². The molecule has 2 aromatic rings. The van der Waals surface area contributed by atoms with Crippen LogP contribution in [0.25, 0.3) is 10.1 Å². The standard InChI is InChI=1S/C9H6ClIOS/c10-4-5-3-7(11)8(12)6-1-2-13-9(5)6/h1-3,12H,4H2. The molecule has 0 bridgehead atoms. The van der Waals surface area contributed by atoms with Crippen LogP contribution >= 0.6 is 45.5 Å². The molecule has 0 aliphatic rings. The Morgan fingerprint density at radius 2 is 2.31 bits per heavy atom. The van der Waals surface area contributed by atoms with E-state index >= 15 is 0 Å². The number of aromatic hydroxyl groups is 1. The number of benzene rings is 1. The Morgan fingerprint density at radius 1 is 1.54 bits per heavy atom. The second kappa shape index (κ2) is 3.63. The first-order chi connectivity index (χ1) is 6.24. The molecule has 13 heavy (non-hydrogen) atoms. The molecule has 1 heterocycles. The number of hydrogen-bond donors (Lipinski definition) is 1. The fourth-order valence-electron chi connectivity index (χ4n) is 1.26. The third kappa shape index (κ3) is 1.53. The molecule has 0 radical (unpaired) electrons. The summed E-state index contributed by atoms with van der Waals surface area (Å²) in [6, 6.07) is 3.86. The van der Waals surface area contributed by atoms with Crippen molar-refractivity contribution in [1.82, 2.24) is 0 Å². The van der Waals surface area contributed by atoms with E-state index in [-0.39, 0.29) is 0 Å². The van der Waals surface area contributed by atoms with Gasteiger partial charge in [-0.1, -0.05) is 0 Å². The minimum absolute atomic E-state index is 0.366. The van der Waals surface area contributed by atoms with Gasteiger partial charge in [0.05, 0.1) is 3.57 Å². The molecule has 4 heteroatoms. The Balaban J connectivity index is 2.87. The Bertz CT molecular complexity index is 452. The molecule has 0 fully saturated rings. The van der Waals surface area contributed by atoms with Crippen LogP contribution in [0.5, 0.6) is 5.75 Å². The maximum absolute atomic E-state index is 9.72. The van der Waals surface area contributed by atoms with Crippen LogP contribution in [0.15, 0.2) is 17.5 Å². The summed E-state index contributed by atoms with van der Waals surface area (Å²) in [5.74, 6) is 0.860. The van der Waals surface area contributed by atoms with Crippen molar-refractivity contribution >= 4 is 55.6 Å². The maximum atomic E-state index is 9.72. The van der Waals surface area contributed by atoms with E-state index in [0.717, 1.165) is 19.2 Å². The molecule has 0 aliphatic heterocycles. The van der Waals surface area contributed by atoms with Crippen LogP contribution in [-0.4, -0.2) is 5.11 Å². The van der Waals surface area contributed by atoms with E-state index in [1.807, 2.05) is 17.5 Å². The molecule has 68 valence electrons. The fraction of sp³-hybridized carbons (Fsp3) is 0.111. The summed E-state index contributed by atoms with van der Waals surface area (Å²) in [7, 11) is 0. The highest BCUT2D eigenvalue weighted by atomic mass is 127. The molecule has 1 aromatic heterocycles. The van der Waals surface area contributed by atoms with Crippen LogP contribution in [0.1, 0.15) is 5.56 Å². The summed E-state index contributed by atoms with van der Waals surface area (Å²) < 4.78 is 1.95. The molecule has 1 N–H and O–H groups in total. The van der Waals surface area contributed by atoms with Crippen molar-refractivity contribution in [3.05, 3.63) is 26.6 Å². The third-order valence-corrected chi connectivity index (χ3v) is 3.98. The highest BCUT2D eigenvalue weighted by Crippen LogP contribution is 2.36. The fourth-order valence-corrected chi connectivity index (χ4v) is 3.13. The van der Waals surface area contributed by atoms with E-state index in [1.54, 1.807) is 11.3 Å². The van der Waals surface area contributed by atoms with Crippen LogP contribution < -0.4 is 0 Å². The Kier molecular flexibility index (Phi) is 2.67. The first-order valence-electron chi connectivity index (χ1n) is 3.67. The molecule has 2 rings (SSSR count). The molecule has 0 saturated heterocycles. The first-order valence-corrected chi connectivity index (χ1v) is 6.17. The van der Waals surface area contributed by atoms with Gasteiger partial charge in [0, 0.05) is 16.0 Å². The number of phenols is 1. The first kappa shape index (κ1) is 9.55. The quantitative estimate of drug-likeness (QED) is 0.622. The number of hydrogen-bond acceptors (Lipinski definition) is 2. The van der Waals surface area contributed by atoms with Gasteiger partial charge in [0.15, 0.2) is 0 Å². The third-order valence-electron chi connectivity index (χ3n) is 1.88. The summed E-state index contributed by atoms with van der Waals surface area (Å²) in [5.41, 5.74) is 1.09. The number of phenolic OH excluding ortho intramolecular Hbond substituents is 1. The van der Waals surface area contributed by atoms with Gasteiger partial charge in [0.1, 0.15) is 5.75 Å². The summed E-state index contributed by atoms with van der Waals surface area (Å²) in [6.45, 7) is 0. The predicted octanol–water partition coefficient (Wildman–Crippen LogP) is 3.95. The molecular formula is C9H6ClIOS. The van der Waals surface area contributed by atoms with E-state index in [4.69, 9.17) is 11.6 Å². The van der Waals surface area contributed by atoms with Gasteiger partial charge in [0.2, 0.25) is 0 Å². The second-order valence-electron chi connectivity index (χ2n) is 2.66. The summed E-state index contributed by atoms with van der Waals surface area (Å²) in [5, 5.41) is 12.6. The lowest BCUT2D eigenvalue weighted by atomic mass is 10.2. The lowest BCUT2D eigenvalue weighted by Gasteiger charge is -2.03. The normalized spacial score (nSPS) is 10.9. The van der Waals surface area contributed by atoms with E-state index in [9.17, 15) is 5.11 Å². The largest absolute Gasteiger partial charge is 0.506 e. The molecule has 0 aliphatic carbocycles. The van der Waals surface area contributed by atoms with Crippen molar-refractivity contribution in [1.29, 1.82) is 0 Å². The zero-order chi connectivity index (χ0) is 9.42. The number of thiophene rings is 1. The van der Waals surface area contributed by atoms with Gasteiger partial charge >= 0.3 is 0 Å². The topological polar surface area (TPSA) is 20.2 Å². The number of halogens is 2. The van der Waals surface area contributed by atoms with Crippen molar-refractivity contribution < 1.29 is 5.11 Å². The van der Waals surface area contributed by atoms with Crippen molar-refractivity contribution in [3.8, 4) is 5.75 Å². The van der Waals surface area contributed by atoms with E-state index in [2.05, 4.69) is 22.6 Å². The number of fused-ring (bicyclic) bond motifs is 1. The van der Waals surface area contributed by atoms with Crippen molar-refractivity contribution in [2.24, 2.45) is 0 Å².